The van der Waals surface area contributed by atoms with E-state index < -0.39 is 0 Å². The van der Waals surface area contributed by atoms with Gasteiger partial charge in [-0.05, 0) is 36.3 Å². The second-order valence-electron chi connectivity index (χ2n) is 4.26. The first kappa shape index (κ1) is 10.2. The molecule has 1 saturated carbocycles. The van der Waals surface area contributed by atoms with E-state index in [2.05, 4.69) is 16.8 Å². The van der Waals surface area contributed by atoms with Crippen molar-refractivity contribution >= 4 is 0 Å². The van der Waals surface area contributed by atoms with Crippen LogP contribution in [0.3, 0.4) is 0 Å². The first-order valence-corrected chi connectivity index (χ1v) is 5.34. The maximum absolute atomic E-state index is 13.8. The summed E-state index contributed by atoms with van der Waals surface area (Å²) in [7, 11) is 0. The fourth-order valence-electron chi connectivity index (χ4n) is 1.39. The van der Waals surface area contributed by atoms with Crippen LogP contribution >= 0.6 is 0 Å². The van der Waals surface area contributed by atoms with Gasteiger partial charge in [-0.25, -0.2) is 9.37 Å². The van der Waals surface area contributed by atoms with E-state index in [1.165, 1.54) is 0 Å². The Kier molecular flexibility index (Phi) is 2.73. The Morgan fingerprint density at radius 2 is 2.20 bits per heavy atom. The molecule has 0 bridgehead atoms. The molecule has 15 heavy (non-hydrogen) atoms. The molecule has 1 nitrogen and oxygen atoms in total. The summed E-state index contributed by atoms with van der Waals surface area (Å²) in [4.78, 5) is 3.97. The standard InChI is InChI=1S/C13H14FN/c1-9(2)11-7-8-15-12(13(11)14)6-5-10-3-4-10/h7-10H,3-4H2,1-2H3. The molecule has 1 aromatic rings. The van der Waals surface area contributed by atoms with E-state index in [0.717, 1.165) is 12.8 Å². The maximum Gasteiger partial charge on any atom is 0.160 e. The Morgan fingerprint density at radius 3 is 2.80 bits per heavy atom. The van der Waals surface area contributed by atoms with Crippen molar-refractivity contribution in [3.05, 3.63) is 29.3 Å². The predicted molar refractivity (Wildman–Crippen MR) is 57.9 cm³/mol. The molecule has 0 amide bonds. The molecule has 0 aromatic carbocycles. The van der Waals surface area contributed by atoms with Crippen molar-refractivity contribution in [2.75, 3.05) is 0 Å². The lowest BCUT2D eigenvalue weighted by Crippen LogP contribution is -1.98. The van der Waals surface area contributed by atoms with E-state index in [1.54, 1.807) is 12.3 Å². The molecule has 0 radical (unpaired) electrons. The fraction of sp³-hybridized carbons (Fsp3) is 0.462. The predicted octanol–water partition coefficient (Wildman–Crippen LogP) is 3.11. The summed E-state index contributed by atoms with van der Waals surface area (Å²) in [6.45, 7) is 3.94. The zero-order valence-corrected chi connectivity index (χ0v) is 9.05. The molecule has 78 valence electrons. The van der Waals surface area contributed by atoms with Crippen molar-refractivity contribution in [3.8, 4) is 11.8 Å². The van der Waals surface area contributed by atoms with Crippen LogP contribution in [0.5, 0.6) is 0 Å². The number of hydrogen-bond donors (Lipinski definition) is 0. The average molecular weight is 203 g/mol. The Balaban J connectivity index is 2.31. The summed E-state index contributed by atoms with van der Waals surface area (Å²) in [6, 6.07) is 1.72. The van der Waals surface area contributed by atoms with Gasteiger partial charge in [0, 0.05) is 12.1 Å². The Morgan fingerprint density at radius 1 is 1.47 bits per heavy atom. The summed E-state index contributed by atoms with van der Waals surface area (Å²) < 4.78 is 13.8. The van der Waals surface area contributed by atoms with Gasteiger partial charge in [-0.15, -0.1) is 0 Å². The molecule has 1 aromatic heterocycles. The van der Waals surface area contributed by atoms with Gasteiger partial charge in [-0.3, -0.25) is 0 Å². The van der Waals surface area contributed by atoms with Gasteiger partial charge < -0.3 is 0 Å². The lowest BCUT2D eigenvalue weighted by Gasteiger charge is -2.06. The van der Waals surface area contributed by atoms with E-state index in [-0.39, 0.29) is 11.7 Å². The highest BCUT2D eigenvalue weighted by atomic mass is 19.1. The molecule has 1 aliphatic carbocycles. The lowest BCUT2D eigenvalue weighted by atomic mass is 10.0. The van der Waals surface area contributed by atoms with Crippen LogP contribution in [0.15, 0.2) is 12.3 Å². The number of halogens is 1. The second kappa shape index (κ2) is 4.02. The molecule has 0 unspecified atom stereocenters. The van der Waals surface area contributed by atoms with Crippen LogP contribution in [0.4, 0.5) is 4.39 Å². The van der Waals surface area contributed by atoms with Gasteiger partial charge in [-0.1, -0.05) is 19.8 Å². The second-order valence-corrected chi connectivity index (χ2v) is 4.26. The molecule has 0 atom stereocenters. The third kappa shape index (κ3) is 2.36. The third-order valence-electron chi connectivity index (χ3n) is 2.51. The topological polar surface area (TPSA) is 12.9 Å². The molecule has 0 saturated heterocycles. The number of nitrogens with zero attached hydrogens (tertiary/aromatic N) is 1. The van der Waals surface area contributed by atoms with Crippen LogP contribution in [0.25, 0.3) is 0 Å². The minimum absolute atomic E-state index is 0.175. The number of rotatable bonds is 1. The minimum Gasteiger partial charge on any atom is -0.245 e. The number of aromatic nitrogens is 1. The molecule has 1 fully saturated rings. The molecule has 2 heteroatoms. The maximum atomic E-state index is 13.8. The third-order valence-corrected chi connectivity index (χ3v) is 2.51. The monoisotopic (exact) mass is 203 g/mol. The largest absolute Gasteiger partial charge is 0.245 e. The zero-order valence-electron chi connectivity index (χ0n) is 9.05. The number of hydrogen-bond acceptors (Lipinski definition) is 1. The molecule has 0 aliphatic heterocycles. The molecule has 1 heterocycles. The van der Waals surface area contributed by atoms with Crippen molar-refractivity contribution in [1.29, 1.82) is 0 Å². The summed E-state index contributed by atoms with van der Waals surface area (Å²) in [5.74, 6) is 6.27. The smallest absolute Gasteiger partial charge is 0.160 e. The Labute approximate surface area is 89.7 Å². The van der Waals surface area contributed by atoms with Gasteiger partial charge in [-0.2, -0.15) is 0 Å². The quantitative estimate of drug-likeness (QED) is 0.639. The van der Waals surface area contributed by atoms with Crippen molar-refractivity contribution in [3.63, 3.8) is 0 Å². The van der Waals surface area contributed by atoms with E-state index in [0.29, 0.717) is 17.2 Å². The van der Waals surface area contributed by atoms with Crippen LogP contribution in [-0.2, 0) is 0 Å². The van der Waals surface area contributed by atoms with Gasteiger partial charge in [0.05, 0.1) is 0 Å². The average Bonchev–Trinajstić information content (AvgIpc) is 2.99. The van der Waals surface area contributed by atoms with E-state index in [1.807, 2.05) is 13.8 Å². The van der Waals surface area contributed by atoms with E-state index in [9.17, 15) is 4.39 Å². The Hall–Kier alpha value is -1.36. The van der Waals surface area contributed by atoms with Gasteiger partial charge >= 0.3 is 0 Å². The van der Waals surface area contributed by atoms with Crippen molar-refractivity contribution in [2.45, 2.75) is 32.6 Å². The zero-order chi connectivity index (χ0) is 10.8. The van der Waals surface area contributed by atoms with Gasteiger partial charge in [0.25, 0.3) is 0 Å². The first-order valence-electron chi connectivity index (χ1n) is 5.34. The Bertz CT molecular complexity index is 422. The molecule has 0 spiro atoms. The van der Waals surface area contributed by atoms with E-state index in [4.69, 9.17) is 0 Å². The summed E-state index contributed by atoms with van der Waals surface area (Å²) in [6.07, 6.45) is 3.94. The highest BCUT2D eigenvalue weighted by molar-refractivity contribution is 5.35. The van der Waals surface area contributed by atoms with Gasteiger partial charge in [0.15, 0.2) is 5.82 Å². The number of pyridine rings is 1. The highest BCUT2D eigenvalue weighted by Gasteiger charge is 2.18. The van der Waals surface area contributed by atoms with Crippen LogP contribution in [0.2, 0.25) is 0 Å². The van der Waals surface area contributed by atoms with E-state index >= 15 is 0 Å². The van der Waals surface area contributed by atoms with Gasteiger partial charge in [0.1, 0.15) is 5.69 Å². The van der Waals surface area contributed by atoms with Crippen LogP contribution < -0.4 is 0 Å². The van der Waals surface area contributed by atoms with Crippen molar-refractivity contribution in [1.82, 2.24) is 4.98 Å². The molecule has 0 N–H and O–H groups in total. The molecule has 2 rings (SSSR count). The summed E-state index contributed by atoms with van der Waals surface area (Å²) in [5, 5.41) is 0. The van der Waals surface area contributed by atoms with Crippen LogP contribution in [-0.4, -0.2) is 4.98 Å². The molecule has 1 aliphatic rings. The SMILES string of the molecule is CC(C)c1ccnc(C#CC2CC2)c1F. The normalized spacial score (nSPS) is 14.9. The molecular weight excluding hydrogens is 189 g/mol. The van der Waals surface area contributed by atoms with Crippen LogP contribution in [0, 0.1) is 23.6 Å². The molecular formula is C13H14FN. The summed E-state index contributed by atoms with van der Waals surface area (Å²) in [5.41, 5.74) is 0.998. The lowest BCUT2D eigenvalue weighted by molar-refractivity contribution is 0.588. The summed E-state index contributed by atoms with van der Waals surface area (Å²) >= 11 is 0. The first-order chi connectivity index (χ1) is 7.18. The van der Waals surface area contributed by atoms with Crippen molar-refractivity contribution < 1.29 is 4.39 Å². The van der Waals surface area contributed by atoms with Gasteiger partial charge in [0.2, 0.25) is 0 Å². The minimum atomic E-state index is -0.249. The van der Waals surface area contributed by atoms with Crippen LogP contribution in [0.1, 0.15) is 43.9 Å². The highest BCUT2D eigenvalue weighted by Crippen LogP contribution is 2.27. The fourth-order valence-corrected chi connectivity index (χ4v) is 1.39. The van der Waals surface area contributed by atoms with Crippen molar-refractivity contribution in [2.24, 2.45) is 5.92 Å².